The molecule has 0 saturated carbocycles. The van der Waals surface area contributed by atoms with Crippen LogP contribution < -0.4 is 10.9 Å². The van der Waals surface area contributed by atoms with Gasteiger partial charge >= 0.3 is 12.4 Å². The summed E-state index contributed by atoms with van der Waals surface area (Å²) in [6, 6.07) is 24.2. The molecule has 0 bridgehead atoms. The third-order valence-electron chi connectivity index (χ3n) is 5.37. The minimum absolute atomic E-state index is 0.426. The summed E-state index contributed by atoms with van der Waals surface area (Å²) in [7, 11) is 0. The van der Waals surface area contributed by atoms with Crippen molar-refractivity contribution in [2.45, 2.75) is 12.4 Å². The lowest BCUT2D eigenvalue weighted by atomic mass is 10.0. The normalized spacial score (nSPS) is 12.3. The summed E-state index contributed by atoms with van der Waals surface area (Å²) in [5.74, 6) is 0. The quantitative estimate of drug-likeness (QED) is 0.145. The molecular weight excluding hydrogens is 506 g/mol. The lowest BCUT2D eigenvalue weighted by Gasteiger charge is -2.07. The Kier molecular flexibility index (Phi) is 7.80. The molecule has 0 radical (unpaired) electrons. The minimum Gasteiger partial charge on any atom is -0.279 e. The molecule has 0 aliphatic heterocycles. The molecule has 4 rings (SSSR count). The van der Waals surface area contributed by atoms with Gasteiger partial charge in [0.2, 0.25) is 0 Å². The molecule has 10 heteroatoms. The van der Waals surface area contributed by atoms with E-state index < -0.39 is 23.5 Å². The molecular formula is C28H20F6N4. The van der Waals surface area contributed by atoms with Gasteiger partial charge in [-0.15, -0.1) is 0 Å². The molecule has 0 heterocycles. The number of hydrazone groups is 2. The Bertz CT molecular complexity index is 1410. The summed E-state index contributed by atoms with van der Waals surface area (Å²) >= 11 is 0. The zero-order valence-corrected chi connectivity index (χ0v) is 19.6. The maximum atomic E-state index is 12.7. The number of alkyl halides is 6. The Balaban J connectivity index is 1.34. The van der Waals surface area contributed by atoms with Crippen LogP contribution >= 0.6 is 0 Å². The molecule has 194 valence electrons. The smallest absolute Gasteiger partial charge is 0.279 e. The molecule has 0 fully saturated rings. The van der Waals surface area contributed by atoms with E-state index in [2.05, 4.69) is 21.1 Å². The Morgan fingerprint density at radius 2 is 0.974 bits per heavy atom. The summed E-state index contributed by atoms with van der Waals surface area (Å²) < 4.78 is 75.9. The molecule has 0 aliphatic carbocycles. The van der Waals surface area contributed by atoms with E-state index in [1.807, 2.05) is 48.5 Å². The fraction of sp³-hybridized carbons (Fsp3) is 0.0714. The average molecular weight is 526 g/mol. The van der Waals surface area contributed by atoms with Crippen molar-refractivity contribution in [2.24, 2.45) is 10.2 Å². The molecule has 4 aromatic rings. The molecule has 4 nitrogen and oxygen atoms in total. The predicted molar refractivity (Wildman–Crippen MR) is 137 cm³/mol. The number of anilines is 2. The van der Waals surface area contributed by atoms with Gasteiger partial charge in [-0.25, -0.2) is 0 Å². The van der Waals surface area contributed by atoms with E-state index in [1.54, 1.807) is 12.4 Å². The van der Waals surface area contributed by atoms with Gasteiger partial charge in [-0.2, -0.15) is 36.5 Å². The van der Waals surface area contributed by atoms with Crippen LogP contribution in [0.1, 0.15) is 22.3 Å². The number of halogens is 6. The molecule has 0 amide bonds. The first-order valence-electron chi connectivity index (χ1n) is 11.2. The number of nitrogens with one attached hydrogen (secondary N) is 2. The maximum Gasteiger partial charge on any atom is 0.416 e. The molecule has 0 spiro atoms. The van der Waals surface area contributed by atoms with Crippen LogP contribution in [0.2, 0.25) is 0 Å². The number of rotatable bonds is 7. The highest BCUT2D eigenvalue weighted by molar-refractivity contribution is 5.84. The zero-order chi connectivity index (χ0) is 27.2. The van der Waals surface area contributed by atoms with Crippen molar-refractivity contribution in [2.75, 3.05) is 10.9 Å². The van der Waals surface area contributed by atoms with Crippen LogP contribution in [0.4, 0.5) is 37.7 Å². The number of benzene rings is 4. The second-order valence-corrected chi connectivity index (χ2v) is 8.14. The topological polar surface area (TPSA) is 48.8 Å². The number of hydrogen-bond donors (Lipinski definition) is 2. The molecule has 0 atom stereocenters. The molecule has 0 unspecified atom stereocenters. The number of nitrogens with zero attached hydrogens (tertiary/aromatic N) is 2. The highest BCUT2D eigenvalue weighted by Crippen LogP contribution is 2.30. The van der Waals surface area contributed by atoms with E-state index in [9.17, 15) is 26.3 Å². The van der Waals surface area contributed by atoms with Crippen molar-refractivity contribution in [1.29, 1.82) is 0 Å². The largest absolute Gasteiger partial charge is 0.416 e. The van der Waals surface area contributed by atoms with Gasteiger partial charge in [0.25, 0.3) is 0 Å². The Labute approximate surface area is 214 Å². The SMILES string of the molecule is FC(F)(F)c1ccc(N/N=C/c2ccc(-c3cccc(/C=N/Nc4ccc(C(F)(F)F)cc4)c3)cc2)cc1. The summed E-state index contributed by atoms with van der Waals surface area (Å²) in [5, 5.41) is 8.15. The van der Waals surface area contributed by atoms with Crippen LogP contribution in [0.15, 0.2) is 107 Å². The molecule has 0 aliphatic rings. The van der Waals surface area contributed by atoms with Gasteiger partial charge in [0, 0.05) is 0 Å². The first-order valence-corrected chi connectivity index (χ1v) is 11.2. The van der Waals surface area contributed by atoms with Gasteiger partial charge in [-0.05, 0) is 76.9 Å². The average Bonchev–Trinajstić information content (AvgIpc) is 2.89. The van der Waals surface area contributed by atoms with Gasteiger partial charge in [0.15, 0.2) is 0 Å². The van der Waals surface area contributed by atoms with Crippen molar-refractivity contribution in [3.8, 4) is 11.1 Å². The van der Waals surface area contributed by atoms with Crippen molar-refractivity contribution in [3.05, 3.63) is 119 Å². The fourth-order valence-corrected chi connectivity index (χ4v) is 3.39. The predicted octanol–water partition coefficient (Wildman–Crippen LogP) is 8.28. The second-order valence-electron chi connectivity index (χ2n) is 8.14. The molecule has 2 N–H and O–H groups in total. The van der Waals surface area contributed by atoms with Crippen molar-refractivity contribution in [3.63, 3.8) is 0 Å². The van der Waals surface area contributed by atoms with Gasteiger partial charge in [0.1, 0.15) is 0 Å². The fourth-order valence-electron chi connectivity index (χ4n) is 3.39. The Morgan fingerprint density at radius 1 is 0.500 bits per heavy atom. The van der Waals surface area contributed by atoms with Gasteiger partial charge < -0.3 is 0 Å². The van der Waals surface area contributed by atoms with E-state index in [4.69, 9.17) is 0 Å². The first-order chi connectivity index (χ1) is 18.1. The monoisotopic (exact) mass is 526 g/mol. The van der Waals surface area contributed by atoms with Gasteiger partial charge in [-0.3, -0.25) is 10.9 Å². The standard InChI is InChI=1S/C28H20F6N4/c29-27(30,31)23-8-12-25(13-9-23)37-35-17-19-4-6-21(7-5-19)22-3-1-2-20(16-22)18-36-38-26-14-10-24(11-15-26)28(32,33)34/h1-18,37-38H/b35-17+,36-18+. The molecule has 0 saturated heterocycles. The van der Waals surface area contributed by atoms with Crippen molar-refractivity contribution < 1.29 is 26.3 Å². The Morgan fingerprint density at radius 3 is 1.45 bits per heavy atom. The summed E-state index contributed by atoms with van der Waals surface area (Å²) in [6.07, 6.45) is -5.66. The van der Waals surface area contributed by atoms with E-state index in [0.717, 1.165) is 46.5 Å². The van der Waals surface area contributed by atoms with Crippen LogP contribution in [0.25, 0.3) is 11.1 Å². The van der Waals surface area contributed by atoms with Crippen LogP contribution in [0, 0.1) is 0 Å². The van der Waals surface area contributed by atoms with E-state index >= 15 is 0 Å². The zero-order valence-electron chi connectivity index (χ0n) is 19.6. The van der Waals surface area contributed by atoms with Gasteiger partial charge in [-0.1, -0.05) is 42.5 Å². The van der Waals surface area contributed by atoms with Crippen LogP contribution in [0.5, 0.6) is 0 Å². The van der Waals surface area contributed by atoms with Crippen LogP contribution in [-0.4, -0.2) is 12.4 Å². The van der Waals surface area contributed by atoms with E-state index in [-0.39, 0.29) is 0 Å². The third kappa shape index (κ3) is 7.22. The van der Waals surface area contributed by atoms with E-state index in [1.165, 1.54) is 24.3 Å². The summed E-state index contributed by atoms with van der Waals surface area (Å²) in [5.41, 5.74) is 8.23. The highest BCUT2D eigenvalue weighted by atomic mass is 19.4. The van der Waals surface area contributed by atoms with Crippen molar-refractivity contribution >= 4 is 23.8 Å². The first kappa shape index (κ1) is 26.5. The minimum atomic E-state index is -4.39. The lowest BCUT2D eigenvalue weighted by molar-refractivity contribution is -0.138. The van der Waals surface area contributed by atoms with Crippen LogP contribution in [0.3, 0.4) is 0 Å². The number of hydrogen-bond acceptors (Lipinski definition) is 4. The summed E-state index contributed by atoms with van der Waals surface area (Å²) in [4.78, 5) is 0. The Hall–Kier alpha value is -4.60. The summed E-state index contributed by atoms with van der Waals surface area (Å²) in [6.45, 7) is 0. The van der Waals surface area contributed by atoms with Gasteiger partial charge in [0.05, 0.1) is 34.9 Å². The molecule has 38 heavy (non-hydrogen) atoms. The van der Waals surface area contributed by atoms with Crippen LogP contribution in [-0.2, 0) is 12.4 Å². The van der Waals surface area contributed by atoms with Crippen molar-refractivity contribution in [1.82, 2.24) is 0 Å². The maximum absolute atomic E-state index is 12.7. The lowest BCUT2D eigenvalue weighted by Crippen LogP contribution is -2.04. The molecule has 4 aromatic carbocycles. The molecule has 0 aromatic heterocycles. The second kappa shape index (κ2) is 11.2. The third-order valence-corrected chi connectivity index (χ3v) is 5.37. The highest BCUT2D eigenvalue weighted by Gasteiger charge is 2.30. The van der Waals surface area contributed by atoms with E-state index in [0.29, 0.717) is 11.4 Å².